The zero-order valence-corrected chi connectivity index (χ0v) is 15.2. The van der Waals surface area contributed by atoms with Crippen LogP contribution in [0, 0.1) is 5.92 Å². The molecule has 0 spiro atoms. The summed E-state index contributed by atoms with van der Waals surface area (Å²) in [6.07, 6.45) is 10.8. The molecule has 1 amide bonds. The maximum Gasteiger partial charge on any atom is 0.224 e. The van der Waals surface area contributed by atoms with Gasteiger partial charge in [-0.25, -0.2) is 0 Å². The van der Waals surface area contributed by atoms with Crippen molar-refractivity contribution in [3.63, 3.8) is 0 Å². The van der Waals surface area contributed by atoms with Crippen molar-refractivity contribution in [1.29, 1.82) is 0 Å². The van der Waals surface area contributed by atoms with Crippen LogP contribution in [0.15, 0.2) is 24.3 Å². The number of nitrogens with zero attached hydrogens (tertiary/aromatic N) is 1. The number of benzene rings is 1. The van der Waals surface area contributed by atoms with Crippen molar-refractivity contribution >= 4 is 17.3 Å². The van der Waals surface area contributed by atoms with Gasteiger partial charge >= 0.3 is 0 Å². The zero-order chi connectivity index (χ0) is 17.1. The first-order valence-electron chi connectivity index (χ1n) is 10.2. The molecule has 1 aromatic rings. The first-order valence-corrected chi connectivity index (χ1v) is 10.2. The van der Waals surface area contributed by atoms with Gasteiger partial charge in [0, 0.05) is 43.0 Å². The average Bonchev–Trinajstić information content (AvgIpc) is 2.81. The summed E-state index contributed by atoms with van der Waals surface area (Å²) in [4.78, 5) is 15.0. The van der Waals surface area contributed by atoms with E-state index >= 15 is 0 Å². The minimum Gasteiger partial charge on any atom is -0.371 e. The molecular formula is C21H31N3O. The number of hydrogen-bond donors (Lipinski definition) is 2. The largest absolute Gasteiger partial charge is 0.371 e. The minimum atomic E-state index is 0.180. The predicted octanol–water partition coefficient (Wildman–Crippen LogP) is 3.93. The molecule has 2 atom stereocenters. The minimum absolute atomic E-state index is 0.180. The summed E-state index contributed by atoms with van der Waals surface area (Å²) in [6.45, 7) is 2.27. The van der Waals surface area contributed by atoms with Crippen LogP contribution in [0.3, 0.4) is 0 Å². The molecule has 3 heterocycles. The van der Waals surface area contributed by atoms with E-state index in [4.69, 9.17) is 0 Å². The van der Waals surface area contributed by atoms with E-state index in [0.717, 1.165) is 31.6 Å². The van der Waals surface area contributed by atoms with E-state index < -0.39 is 0 Å². The summed E-state index contributed by atoms with van der Waals surface area (Å²) >= 11 is 0. The maximum absolute atomic E-state index is 12.5. The molecular weight excluding hydrogens is 310 g/mol. The molecule has 0 aromatic heterocycles. The molecule has 2 unspecified atom stereocenters. The Balaban J connectivity index is 1.34. The van der Waals surface area contributed by atoms with Gasteiger partial charge < -0.3 is 15.5 Å². The van der Waals surface area contributed by atoms with Crippen LogP contribution in [-0.4, -0.2) is 31.1 Å². The van der Waals surface area contributed by atoms with Crippen LogP contribution < -0.4 is 15.5 Å². The van der Waals surface area contributed by atoms with Gasteiger partial charge in [-0.15, -0.1) is 0 Å². The van der Waals surface area contributed by atoms with Crippen molar-refractivity contribution in [1.82, 2.24) is 5.32 Å². The fourth-order valence-electron chi connectivity index (χ4n) is 4.93. The van der Waals surface area contributed by atoms with Gasteiger partial charge in [-0.05, 0) is 62.6 Å². The fourth-order valence-corrected chi connectivity index (χ4v) is 4.93. The number of carbonyl (C=O) groups excluding carboxylic acids is 1. The molecule has 2 N–H and O–H groups in total. The van der Waals surface area contributed by atoms with Crippen molar-refractivity contribution in [3.8, 4) is 0 Å². The highest BCUT2D eigenvalue weighted by Gasteiger charge is 2.34. The summed E-state index contributed by atoms with van der Waals surface area (Å²) < 4.78 is 0. The van der Waals surface area contributed by atoms with Gasteiger partial charge in [0.15, 0.2) is 0 Å². The third-order valence-electron chi connectivity index (χ3n) is 6.15. The third-order valence-corrected chi connectivity index (χ3v) is 6.15. The van der Waals surface area contributed by atoms with Crippen LogP contribution in [0.5, 0.6) is 0 Å². The summed E-state index contributed by atoms with van der Waals surface area (Å²) in [6, 6.07) is 9.72. The molecule has 1 aromatic carbocycles. The number of nitrogens with one attached hydrogen (secondary N) is 2. The molecule has 25 heavy (non-hydrogen) atoms. The van der Waals surface area contributed by atoms with Crippen molar-refractivity contribution < 1.29 is 4.79 Å². The van der Waals surface area contributed by atoms with Gasteiger partial charge in [-0.3, -0.25) is 4.79 Å². The number of piperidine rings is 1. The van der Waals surface area contributed by atoms with Gasteiger partial charge in [0.1, 0.15) is 0 Å². The lowest BCUT2D eigenvalue weighted by Crippen LogP contribution is -2.39. The van der Waals surface area contributed by atoms with E-state index in [1.54, 1.807) is 0 Å². The van der Waals surface area contributed by atoms with Gasteiger partial charge in [-0.2, -0.15) is 0 Å². The van der Waals surface area contributed by atoms with Crippen LogP contribution in [0.4, 0.5) is 11.4 Å². The molecule has 136 valence electrons. The monoisotopic (exact) mass is 341 g/mol. The van der Waals surface area contributed by atoms with Crippen molar-refractivity contribution in [2.45, 2.75) is 69.9 Å². The smallest absolute Gasteiger partial charge is 0.224 e. The lowest BCUT2D eigenvalue weighted by molar-refractivity contribution is -0.117. The third kappa shape index (κ3) is 4.35. The van der Waals surface area contributed by atoms with E-state index in [-0.39, 0.29) is 5.91 Å². The Morgan fingerprint density at radius 2 is 1.80 bits per heavy atom. The second-order valence-corrected chi connectivity index (χ2v) is 8.18. The molecule has 4 rings (SSSR count). The van der Waals surface area contributed by atoms with Crippen LogP contribution >= 0.6 is 0 Å². The topological polar surface area (TPSA) is 44.4 Å². The summed E-state index contributed by atoms with van der Waals surface area (Å²) in [5.74, 6) is 0.729. The molecule has 3 saturated heterocycles. The van der Waals surface area contributed by atoms with Gasteiger partial charge in [0.2, 0.25) is 5.91 Å². The summed E-state index contributed by atoms with van der Waals surface area (Å²) in [5.41, 5.74) is 2.20. The lowest BCUT2D eigenvalue weighted by atomic mass is 9.89. The fraction of sp³-hybridized carbons (Fsp3) is 0.667. The Kier molecular flexibility index (Phi) is 5.25. The molecule has 3 fully saturated rings. The van der Waals surface area contributed by atoms with Crippen molar-refractivity contribution in [2.75, 3.05) is 23.3 Å². The van der Waals surface area contributed by atoms with E-state index in [2.05, 4.69) is 33.7 Å². The second-order valence-electron chi connectivity index (χ2n) is 8.18. The van der Waals surface area contributed by atoms with E-state index in [1.807, 2.05) is 6.07 Å². The predicted molar refractivity (Wildman–Crippen MR) is 103 cm³/mol. The van der Waals surface area contributed by atoms with E-state index in [0.29, 0.717) is 24.4 Å². The van der Waals surface area contributed by atoms with Crippen LogP contribution in [0.25, 0.3) is 0 Å². The average molecular weight is 341 g/mol. The SMILES string of the molecule is O=C(CC1CC2CCC(C1)N2)Nc1cccc(N2CCCCCC2)c1. The Labute approximate surface area is 151 Å². The highest BCUT2D eigenvalue weighted by atomic mass is 16.1. The van der Waals surface area contributed by atoms with Crippen molar-refractivity contribution in [2.24, 2.45) is 5.92 Å². The maximum atomic E-state index is 12.5. The zero-order valence-electron chi connectivity index (χ0n) is 15.2. The molecule has 0 radical (unpaired) electrons. The van der Waals surface area contributed by atoms with E-state index in [1.165, 1.54) is 44.2 Å². The number of rotatable bonds is 4. The van der Waals surface area contributed by atoms with Crippen LogP contribution in [-0.2, 0) is 4.79 Å². The number of carbonyl (C=O) groups is 1. The molecule has 4 heteroatoms. The Bertz CT molecular complexity index is 583. The molecule has 3 aliphatic heterocycles. The van der Waals surface area contributed by atoms with Gasteiger partial charge in [-0.1, -0.05) is 18.9 Å². The first kappa shape index (κ1) is 16.9. The highest BCUT2D eigenvalue weighted by Crippen LogP contribution is 2.33. The van der Waals surface area contributed by atoms with E-state index in [9.17, 15) is 4.79 Å². The Morgan fingerprint density at radius 3 is 2.52 bits per heavy atom. The molecule has 4 nitrogen and oxygen atoms in total. The van der Waals surface area contributed by atoms with Crippen molar-refractivity contribution in [3.05, 3.63) is 24.3 Å². The summed E-state index contributed by atoms with van der Waals surface area (Å²) in [7, 11) is 0. The standard InChI is InChI=1S/C21H31N3O/c25-21(14-16-12-18-8-9-19(13-16)22-18)23-17-6-5-7-20(15-17)24-10-3-1-2-4-11-24/h5-7,15-16,18-19,22H,1-4,8-14H2,(H,23,25). The molecule has 2 bridgehead atoms. The number of anilines is 2. The Hall–Kier alpha value is -1.55. The first-order chi connectivity index (χ1) is 12.3. The van der Waals surface area contributed by atoms with Crippen LogP contribution in [0.2, 0.25) is 0 Å². The number of hydrogen-bond acceptors (Lipinski definition) is 3. The molecule has 0 saturated carbocycles. The molecule has 0 aliphatic carbocycles. The highest BCUT2D eigenvalue weighted by molar-refractivity contribution is 5.91. The van der Waals surface area contributed by atoms with Gasteiger partial charge in [0.25, 0.3) is 0 Å². The summed E-state index contributed by atoms with van der Waals surface area (Å²) in [5, 5.41) is 6.80. The second kappa shape index (κ2) is 7.77. The number of fused-ring (bicyclic) bond motifs is 2. The quantitative estimate of drug-likeness (QED) is 0.872. The van der Waals surface area contributed by atoms with Crippen LogP contribution in [0.1, 0.15) is 57.8 Å². The molecule has 3 aliphatic rings. The normalized spacial score (nSPS) is 29.3. The Morgan fingerprint density at radius 1 is 1.08 bits per heavy atom. The number of amides is 1. The van der Waals surface area contributed by atoms with Gasteiger partial charge in [0.05, 0.1) is 0 Å². The lowest BCUT2D eigenvalue weighted by Gasteiger charge is -2.28.